The van der Waals surface area contributed by atoms with Gasteiger partial charge in [0.05, 0.1) is 0 Å². The average molecular weight is 232 g/mol. The summed E-state index contributed by atoms with van der Waals surface area (Å²) in [7, 11) is 0. The number of rotatable bonds is 8. The van der Waals surface area contributed by atoms with Crippen LogP contribution < -0.4 is 11.1 Å². The topological polar surface area (TPSA) is 119 Å². The molecule has 7 heteroatoms. The third-order valence-corrected chi connectivity index (χ3v) is 1.75. The number of aliphatic carboxylic acids is 1. The minimum atomic E-state index is -1.20. The Morgan fingerprint density at radius 3 is 2.50 bits per heavy atom. The monoisotopic (exact) mass is 232 g/mol. The molecule has 0 saturated carbocycles. The van der Waals surface area contributed by atoms with Crippen molar-refractivity contribution in [2.75, 3.05) is 13.2 Å². The lowest BCUT2D eigenvalue weighted by atomic mass is 10.1. The van der Waals surface area contributed by atoms with Crippen LogP contribution in [0, 0.1) is 0 Å². The lowest BCUT2D eigenvalue weighted by Gasteiger charge is -2.13. The summed E-state index contributed by atoms with van der Waals surface area (Å²) in [6.45, 7) is 1.89. The van der Waals surface area contributed by atoms with Crippen molar-refractivity contribution in [2.24, 2.45) is 5.73 Å². The van der Waals surface area contributed by atoms with E-state index in [-0.39, 0.29) is 19.4 Å². The second-order valence-electron chi connectivity index (χ2n) is 3.10. The summed E-state index contributed by atoms with van der Waals surface area (Å²) in [6, 6.07) is -1.11. The molecule has 2 amide bonds. The first kappa shape index (κ1) is 14.4. The fraction of sp³-hybridized carbons (Fsp3) is 0.667. The van der Waals surface area contributed by atoms with Crippen LogP contribution in [0.3, 0.4) is 0 Å². The largest absolute Gasteiger partial charge is 0.480 e. The van der Waals surface area contributed by atoms with Crippen molar-refractivity contribution in [3.63, 3.8) is 0 Å². The van der Waals surface area contributed by atoms with Gasteiger partial charge in [0.2, 0.25) is 11.8 Å². The Labute approximate surface area is 92.9 Å². The summed E-state index contributed by atoms with van der Waals surface area (Å²) >= 11 is 0. The van der Waals surface area contributed by atoms with Crippen LogP contribution in [-0.4, -0.2) is 42.1 Å². The van der Waals surface area contributed by atoms with Gasteiger partial charge in [-0.1, -0.05) is 0 Å². The van der Waals surface area contributed by atoms with Crippen LogP contribution in [0.15, 0.2) is 0 Å². The molecule has 0 aliphatic rings. The lowest BCUT2D eigenvalue weighted by Crippen LogP contribution is -2.43. The SMILES string of the molecule is CCOCC(=O)N[C@H](CCC(N)=O)C(=O)O. The number of nitrogens with one attached hydrogen (secondary N) is 1. The smallest absolute Gasteiger partial charge is 0.326 e. The molecular formula is C9H16N2O5. The fourth-order valence-corrected chi connectivity index (χ4v) is 0.975. The minimum Gasteiger partial charge on any atom is -0.480 e. The number of primary amides is 1. The molecule has 0 heterocycles. The zero-order valence-corrected chi connectivity index (χ0v) is 9.06. The Hall–Kier alpha value is -1.63. The van der Waals surface area contributed by atoms with E-state index in [1.54, 1.807) is 6.92 Å². The number of carboxylic acids is 1. The Bertz CT molecular complexity index is 267. The van der Waals surface area contributed by atoms with Gasteiger partial charge in [-0.15, -0.1) is 0 Å². The summed E-state index contributed by atoms with van der Waals surface area (Å²) in [6.07, 6.45) is -0.117. The highest BCUT2D eigenvalue weighted by molar-refractivity contribution is 5.84. The maximum atomic E-state index is 11.1. The van der Waals surface area contributed by atoms with Gasteiger partial charge in [-0.3, -0.25) is 9.59 Å². The Kier molecular flexibility index (Phi) is 6.86. The van der Waals surface area contributed by atoms with Crippen LogP contribution >= 0.6 is 0 Å². The zero-order chi connectivity index (χ0) is 12.6. The number of carbonyl (C=O) groups is 3. The van der Waals surface area contributed by atoms with Crippen molar-refractivity contribution < 1.29 is 24.2 Å². The Morgan fingerprint density at radius 2 is 2.06 bits per heavy atom. The predicted octanol–water partition coefficient (Wildman–Crippen LogP) is -1.14. The van der Waals surface area contributed by atoms with E-state index in [0.717, 1.165) is 0 Å². The predicted molar refractivity (Wildman–Crippen MR) is 54.5 cm³/mol. The number of carboxylic acid groups (broad SMARTS) is 1. The molecule has 0 aromatic heterocycles. The van der Waals surface area contributed by atoms with E-state index in [4.69, 9.17) is 15.6 Å². The van der Waals surface area contributed by atoms with E-state index >= 15 is 0 Å². The number of ether oxygens (including phenoxy) is 1. The number of carbonyl (C=O) groups excluding carboxylic acids is 2. The normalized spacial score (nSPS) is 11.8. The fourth-order valence-electron chi connectivity index (χ4n) is 0.975. The highest BCUT2D eigenvalue weighted by Crippen LogP contribution is 1.97. The van der Waals surface area contributed by atoms with Crippen molar-refractivity contribution in [3.8, 4) is 0 Å². The molecule has 92 valence electrons. The second-order valence-corrected chi connectivity index (χ2v) is 3.10. The molecule has 0 radical (unpaired) electrons. The molecule has 1 atom stereocenters. The number of hydrogen-bond donors (Lipinski definition) is 3. The first-order valence-corrected chi connectivity index (χ1v) is 4.85. The molecule has 0 aliphatic carbocycles. The molecular weight excluding hydrogens is 216 g/mol. The minimum absolute atomic E-state index is 0.0253. The molecule has 4 N–H and O–H groups in total. The van der Waals surface area contributed by atoms with Crippen molar-refractivity contribution in [2.45, 2.75) is 25.8 Å². The summed E-state index contributed by atoms with van der Waals surface area (Å²) in [5.74, 6) is -2.34. The van der Waals surface area contributed by atoms with Gasteiger partial charge in [-0.25, -0.2) is 4.79 Å². The Balaban J connectivity index is 4.07. The first-order valence-electron chi connectivity index (χ1n) is 4.85. The molecule has 0 bridgehead atoms. The summed E-state index contributed by atoms with van der Waals surface area (Å²) in [5.41, 5.74) is 4.88. The maximum Gasteiger partial charge on any atom is 0.326 e. The third kappa shape index (κ3) is 6.77. The maximum absolute atomic E-state index is 11.1. The molecule has 0 spiro atoms. The van der Waals surface area contributed by atoms with Gasteiger partial charge in [-0.2, -0.15) is 0 Å². The van der Waals surface area contributed by atoms with Crippen LogP contribution in [-0.2, 0) is 19.1 Å². The highest BCUT2D eigenvalue weighted by atomic mass is 16.5. The van der Waals surface area contributed by atoms with E-state index in [1.165, 1.54) is 0 Å². The molecule has 0 rings (SSSR count). The second kappa shape index (κ2) is 7.63. The van der Waals surface area contributed by atoms with Crippen molar-refractivity contribution in [1.29, 1.82) is 0 Å². The highest BCUT2D eigenvalue weighted by Gasteiger charge is 2.20. The van der Waals surface area contributed by atoms with Gasteiger partial charge in [0, 0.05) is 13.0 Å². The zero-order valence-electron chi connectivity index (χ0n) is 9.06. The standard InChI is InChI=1S/C9H16N2O5/c1-2-16-5-8(13)11-6(9(14)15)3-4-7(10)12/h6H,2-5H2,1H3,(H2,10,12)(H,11,13)(H,14,15)/t6-/m1/s1. The van der Waals surface area contributed by atoms with E-state index < -0.39 is 23.8 Å². The number of hydrogen-bond acceptors (Lipinski definition) is 4. The van der Waals surface area contributed by atoms with E-state index in [2.05, 4.69) is 5.32 Å². The van der Waals surface area contributed by atoms with Gasteiger partial charge < -0.3 is 20.9 Å². The molecule has 0 aliphatic heterocycles. The van der Waals surface area contributed by atoms with Crippen LogP contribution in [0.4, 0.5) is 0 Å². The van der Waals surface area contributed by atoms with E-state index in [0.29, 0.717) is 6.61 Å². The molecule has 0 saturated heterocycles. The van der Waals surface area contributed by atoms with Gasteiger partial charge in [0.1, 0.15) is 12.6 Å². The molecule has 0 fully saturated rings. The van der Waals surface area contributed by atoms with Crippen molar-refractivity contribution in [1.82, 2.24) is 5.32 Å². The van der Waals surface area contributed by atoms with Crippen molar-refractivity contribution >= 4 is 17.8 Å². The van der Waals surface area contributed by atoms with Gasteiger partial charge in [0.25, 0.3) is 0 Å². The van der Waals surface area contributed by atoms with Crippen LogP contribution in [0.5, 0.6) is 0 Å². The number of amides is 2. The quantitative estimate of drug-likeness (QED) is 0.488. The van der Waals surface area contributed by atoms with E-state index in [9.17, 15) is 14.4 Å². The van der Waals surface area contributed by atoms with Gasteiger partial charge in [-0.05, 0) is 13.3 Å². The molecule has 0 aromatic carbocycles. The van der Waals surface area contributed by atoms with Crippen molar-refractivity contribution in [3.05, 3.63) is 0 Å². The van der Waals surface area contributed by atoms with Gasteiger partial charge in [0.15, 0.2) is 0 Å². The molecule has 7 nitrogen and oxygen atoms in total. The molecule has 0 aromatic rings. The summed E-state index contributed by atoms with van der Waals surface area (Å²) in [5, 5.41) is 11.0. The van der Waals surface area contributed by atoms with Gasteiger partial charge >= 0.3 is 5.97 Å². The Morgan fingerprint density at radius 1 is 1.44 bits per heavy atom. The summed E-state index contributed by atoms with van der Waals surface area (Å²) < 4.78 is 4.80. The average Bonchev–Trinajstić information content (AvgIpc) is 2.20. The van der Waals surface area contributed by atoms with Crippen LogP contribution in [0.2, 0.25) is 0 Å². The molecule has 16 heavy (non-hydrogen) atoms. The van der Waals surface area contributed by atoms with E-state index in [1.807, 2.05) is 0 Å². The van der Waals surface area contributed by atoms with Crippen LogP contribution in [0.1, 0.15) is 19.8 Å². The first-order chi connectivity index (χ1) is 7.47. The molecule has 0 unspecified atom stereocenters. The van der Waals surface area contributed by atoms with Crippen LogP contribution in [0.25, 0.3) is 0 Å². The number of nitrogens with two attached hydrogens (primary N) is 1. The summed E-state index contributed by atoms with van der Waals surface area (Å²) in [4.78, 5) is 32.3. The lowest BCUT2D eigenvalue weighted by molar-refractivity contribution is -0.142. The third-order valence-electron chi connectivity index (χ3n) is 1.75.